The highest BCUT2D eigenvalue weighted by atomic mass is 16.5. The van der Waals surface area contributed by atoms with Gasteiger partial charge in [0.15, 0.2) is 0 Å². The Morgan fingerprint density at radius 3 is 3.00 bits per heavy atom. The van der Waals surface area contributed by atoms with E-state index in [0.29, 0.717) is 6.54 Å². The average molecular weight is 299 g/mol. The van der Waals surface area contributed by atoms with Gasteiger partial charge in [0.25, 0.3) is 0 Å². The highest BCUT2D eigenvalue weighted by molar-refractivity contribution is 6.02. The lowest BCUT2D eigenvalue weighted by atomic mass is 9.77. The Hall–Kier alpha value is -2.14. The van der Waals surface area contributed by atoms with E-state index in [1.807, 2.05) is 43.3 Å². The molecule has 22 heavy (non-hydrogen) atoms. The third-order valence-corrected chi connectivity index (χ3v) is 4.89. The Kier molecular flexibility index (Phi) is 2.72. The van der Waals surface area contributed by atoms with Crippen molar-refractivity contribution in [3.8, 4) is 0 Å². The summed E-state index contributed by atoms with van der Waals surface area (Å²) in [5, 5.41) is 0. The van der Waals surface area contributed by atoms with E-state index in [9.17, 15) is 9.59 Å². The first kappa shape index (κ1) is 13.5. The molecule has 0 aliphatic carbocycles. The summed E-state index contributed by atoms with van der Waals surface area (Å²) >= 11 is 0. The molecule has 1 aromatic carbocycles. The second kappa shape index (κ2) is 4.43. The van der Waals surface area contributed by atoms with E-state index in [1.165, 1.54) is 7.11 Å². The first-order valence-electron chi connectivity index (χ1n) is 7.39. The molecule has 0 saturated carbocycles. The fourth-order valence-electron chi connectivity index (χ4n) is 3.92. The number of hydrogen-bond donors (Lipinski definition) is 0. The quantitative estimate of drug-likeness (QED) is 0.613. The summed E-state index contributed by atoms with van der Waals surface area (Å²) in [6.07, 6.45) is 3.47. The van der Waals surface area contributed by atoms with Gasteiger partial charge in [-0.2, -0.15) is 0 Å². The third kappa shape index (κ3) is 1.63. The van der Waals surface area contributed by atoms with Gasteiger partial charge >= 0.3 is 5.97 Å². The predicted molar refractivity (Wildman–Crippen MR) is 79.3 cm³/mol. The largest absolute Gasteiger partial charge is 0.469 e. The average Bonchev–Trinajstić information content (AvgIpc) is 3.15. The summed E-state index contributed by atoms with van der Waals surface area (Å²) in [7, 11) is 1.35. The van der Waals surface area contributed by atoms with E-state index in [4.69, 9.17) is 9.47 Å². The van der Waals surface area contributed by atoms with Crippen LogP contribution in [0.2, 0.25) is 0 Å². The molecule has 2 bridgehead atoms. The van der Waals surface area contributed by atoms with Gasteiger partial charge in [-0.1, -0.05) is 24.3 Å². The number of carbonyl (C=O) groups excluding carboxylic acids is 2. The summed E-state index contributed by atoms with van der Waals surface area (Å²) in [6.45, 7) is 2.43. The molecule has 0 unspecified atom stereocenters. The van der Waals surface area contributed by atoms with Gasteiger partial charge in [-0.15, -0.1) is 0 Å². The van der Waals surface area contributed by atoms with Gasteiger partial charge in [0.05, 0.1) is 25.7 Å². The van der Waals surface area contributed by atoms with Crippen molar-refractivity contribution in [3.05, 3.63) is 42.0 Å². The van der Waals surface area contributed by atoms with Crippen LogP contribution in [0.15, 0.2) is 36.4 Å². The van der Waals surface area contributed by atoms with Gasteiger partial charge in [-0.05, 0) is 24.6 Å². The van der Waals surface area contributed by atoms with Gasteiger partial charge in [0.1, 0.15) is 11.5 Å². The lowest BCUT2D eigenvalue weighted by Gasteiger charge is -2.22. The van der Waals surface area contributed by atoms with E-state index in [-0.39, 0.29) is 18.0 Å². The second-order valence-electron chi connectivity index (χ2n) is 6.19. The minimum atomic E-state index is -0.690. The highest BCUT2D eigenvalue weighted by Gasteiger charge is 2.67. The van der Waals surface area contributed by atoms with Crippen molar-refractivity contribution in [2.75, 3.05) is 18.6 Å². The van der Waals surface area contributed by atoms with E-state index in [1.54, 1.807) is 4.90 Å². The van der Waals surface area contributed by atoms with Crippen LogP contribution < -0.4 is 4.90 Å². The summed E-state index contributed by atoms with van der Waals surface area (Å²) < 4.78 is 10.9. The van der Waals surface area contributed by atoms with E-state index < -0.39 is 17.4 Å². The van der Waals surface area contributed by atoms with E-state index in [0.717, 1.165) is 11.3 Å². The van der Waals surface area contributed by atoms with E-state index in [2.05, 4.69) is 0 Å². The zero-order valence-corrected chi connectivity index (χ0v) is 12.5. The number of anilines is 1. The second-order valence-corrected chi connectivity index (χ2v) is 6.19. The molecule has 2 saturated heterocycles. The number of rotatable bonds is 2. The molecule has 4 atom stereocenters. The molecule has 2 fully saturated rings. The zero-order chi connectivity index (χ0) is 15.5. The Labute approximate surface area is 128 Å². The topological polar surface area (TPSA) is 55.8 Å². The van der Waals surface area contributed by atoms with Crippen LogP contribution in [-0.4, -0.2) is 37.2 Å². The smallest absolute Gasteiger partial charge is 0.312 e. The lowest BCUT2D eigenvalue weighted by Crippen LogP contribution is -2.39. The maximum absolute atomic E-state index is 12.9. The fourth-order valence-corrected chi connectivity index (χ4v) is 3.92. The van der Waals surface area contributed by atoms with Gasteiger partial charge < -0.3 is 14.4 Å². The normalized spacial score (nSPS) is 35.1. The van der Waals surface area contributed by atoms with Gasteiger partial charge in [0.2, 0.25) is 5.91 Å². The number of methoxy groups -OCH3 is 1. The van der Waals surface area contributed by atoms with Crippen LogP contribution in [0, 0.1) is 18.8 Å². The minimum Gasteiger partial charge on any atom is -0.469 e. The van der Waals surface area contributed by atoms with Crippen LogP contribution >= 0.6 is 0 Å². The molecular formula is C17H17NO4. The molecule has 4 rings (SSSR count). The summed E-state index contributed by atoms with van der Waals surface area (Å²) in [6, 6.07) is 7.79. The molecule has 3 heterocycles. The number of ether oxygens (including phenoxy) is 2. The number of carbonyl (C=O) groups is 2. The summed E-state index contributed by atoms with van der Waals surface area (Å²) in [5.74, 6) is -1.47. The fraction of sp³-hybridized carbons (Fsp3) is 0.412. The molecule has 114 valence electrons. The number of benzene rings is 1. The van der Waals surface area contributed by atoms with Gasteiger partial charge in [0, 0.05) is 5.69 Å². The van der Waals surface area contributed by atoms with Crippen molar-refractivity contribution in [2.24, 2.45) is 11.8 Å². The first-order valence-corrected chi connectivity index (χ1v) is 7.39. The predicted octanol–water partition coefficient (Wildman–Crippen LogP) is 1.45. The number of esters is 1. The van der Waals surface area contributed by atoms with E-state index >= 15 is 0 Å². The third-order valence-electron chi connectivity index (χ3n) is 4.89. The Bertz CT molecular complexity index is 698. The van der Waals surface area contributed by atoms with Gasteiger partial charge in [-0.25, -0.2) is 0 Å². The number of fused-ring (bicyclic) bond motifs is 1. The maximum Gasteiger partial charge on any atom is 0.312 e. The number of aryl methyl sites for hydroxylation is 1. The highest BCUT2D eigenvalue weighted by Crippen LogP contribution is 2.52. The maximum atomic E-state index is 12.9. The van der Waals surface area contributed by atoms with Crippen molar-refractivity contribution in [1.29, 1.82) is 0 Å². The Morgan fingerprint density at radius 2 is 2.27 bits per heavy atom. The number of amides is 1. The van der Waals surface area contributed by atoms with Crippen LogP contribution in [0.3, 0.4) is 0 Å². The van der Waals surface area contributed by atoms with Crippen LogP contribution in [-0.2, 0) is 19.1 Å². The molecule has 1 aromatic rings. The van der Waals surface area contributed by atoms with Crippen molar-refractivity contribution in [1.82, 2.24) is 0 Å². The number of hydrogen-bond acceptors (Lipinski definition) is 4. The molecule has 0 N–H and O–H groups in total. The molecule has 5 nitrogen and oxygen atoms in total. The molecule has 3 aliphatic rings. The van der Waals surface area contributed by atoms with Crippen molar-refractivity contribution >= 4 is 17.6 Å². The van der Waals surface area contributed by atoms with Gasteiger partial charge in [-0.3, -0.25) is 9.59 Å². The molecule has 3 aliphatic heterocycles. The molecule has 1 amide bonds. The molecular weight excluding hydrogens is 282 g/mol. The van der Waals surface area contributed by atoms with Crippen molar-refractivity contribution < 1.29 is 19.1 Å². The SMILES string of the molecule is COC(=O)[C@@H]1[C@@H]2C=C[C@@]3(CN(c4cccc(C)c4)C(=O)[C@@H]13)O2. The summed E-state index contributed by atoms with van der Waals surface area (Å²) in [4.78, 5) is 26.7. The Morgan fingerprint density at radius 1 is 1.45 bits per heavy atom. The van der Waals surface area contributed by atoms with Crippen LogP contribution in [0.4, 0.5) is 5.69 Å². The molecule has 5 heteroatoms. The first-order chi connectivity index (χ1) is 10.6. The molecule has 1 spiro atoms. The minimum absolute atomic E-state index is 0.0622. The van der Waals surface area contributed by atoms with Crippen molar-refractivity contribution in [2.45, 2.75) is 18.6 Å². The standard InChI is InChI=1S/C17H17NO4/c1-10-4-3-5-11(8-10)18-9-17-7-6-12(22-17)13(16(20)21-2)14(17)15(18)19/h3-8,12-14H,9H2,1-2H3/t12-,13+,14+,17-/m0/s1. The summed E-state index contributed by atoms with van der Waals surface area (Å²) in [5.41, 5.74) is 1.24. The van der Waals surface area contributed by atoms with Crippen LogP contribution in [0.25, 0.3) is 0 Å². The molecule has 0 aromatic heterocycles. The lowest BCUT2D eigenvalue weighted by molar-refractivity contribution is -0.149. The van der Waals surface area contributed by atoms with Crippen molar-refractivity contribution in [3.63, 3.8) is 0 Å². The van der Waals surface area contributed by atoms with Crippen LogP contribution in [0.5, 0.6) is 0 Å². The zero-order valence-electron chi connectivity index (χ0n) is 12.5. The number of nitrogens with zero attached hydrogens (tertiary/aromatic N) is 1. The molecule has 0 radical (unpaired) electrons. The Balaban J connectivity index is 1.73. The monoisotopic (exact) mass is 299 g/mol. The van der Waals surface area contributed by atoms with Crippen LogP contribution in [0.1, 0.15) is 5.56 Å².